The van der Waals surface area contributed by atoms with Crippen LogP contribution in [0, 0.1) is 20.8 Å². The number of hydrogen-bond donors (Lipinski definition) is 1. The number of thiazole rings is 1. The fourth-order valence-electron chi connectivity index (χ4n) is 3.17. The Kier molecular flexibility index (Phi) is 6.17. The molecule has 3 rings (SSSR count). The fraction of sp³-hybridized carbons (Fsp3) is 0.273. The number of aromatic nitrogens is 2. The Morgan fingerprint density at radius 2 is 1.73 bits per heavy atom. The van der Waals surface area contributed by atoms with E-state index < -0.39 is 23.8 Å². The molecule has 1 unspecified atom stereocenters. The molecule has 0 saturated carbocycles. The van der Waals surface area contributed by atoms with Crippen LogP contribution in [0.25, 0.3) is 10.6 Å². The smallest absolute Gasteiger partial charge is 0.350 e. The summed E-state index contributed by atoms with van der Waals surface area (Å²) in [6.45, 7) is 6.56. The first-order chi connectivity index (χ1) is 14.2. The molecule has 1 aromatic carbocycles. The third kappa shape index (κ3) is 4.04. The second-order valence-corrected chi connectivity index (χ2v) is 7.83. The summed E-state index contributed by atoms with van der Waals surface area (Å²) in [5.41, 5.74) is 2.97. The highest BCUT2D eigenvalue weighted by molar-refractivity contribution is 7.17. The van der Waals surface area contributed by atoms with Crippen LogP contribution in [-0.4, -0.2) is 40.9 Å². The first-order valence-corrected chi connectivity index (χ1v) is 10.1. The topological polar surface area (TPSA) is 98.4 Å². The van der Waals surface area contributed by atoms with Gasteiger partial charge in [0, 0.05) is 11.3 Å². The molecule has 3 aromatic rings. The number of carbonyl (C=O) groups excluding carboxylic acids is 3. The van der Waals surface area contributed by atoms with Crippen LogP contribution in [0.1, 0.15) is 54.4 Å². The zero-order valence-corrected chi connectivity index (χ0v) is 18.2. The summed E-state index contributed by atoms with van der Waals surface area (Å²) in [6.07, 6.45) is -1.04. The van der Waals surface area contributed by atoms with E-state index in [1.165, 1.54) is 25.4 Å². The minimum Gasteiger partial charge on any atom is -0.465 e. The van der Waals surface area contributed by atoms with Crippen molar-refractivity contribution in [2.45, 2.75) is 33.8 Å². The Labute approximate surface area is 178 Å². The number of esters is 2. The second-order valence-electron chi connectivity index (χ2n) is 6.83. The molecule has 30 heavy (non-hydrogen) atoms. The summed E-state index contributed by atoms with van der Waals surface area (Å²) < 4.78 is 10.2. The molecule has 0 aliphatic rings. The average molecular weight is 426 g/mol. The summed E-state index contributed by atoms with van der Waals surface area (Å²) >= 11 is 1.22. The zero-order chi connectivity index (χ0) is 22.0. The van der Waals surface area contributed by atoms with E-state index in [9.17, 15) is 14.4 Å². The van der Waals surface area contributed by atoms with E-state index in [2.05, 4.69) is 9.97 Å². The number of ether oxygens (including phenoxy) is 2. The Bertz CT molecular complexity index is 1110. The third-order valence-corrected chi connectivity index (χ3v) is 5.92. The molecule has 2 aromatic heterocycles. The molecule has 1 N–H and O–H groups in total. The van der Waals surface area contributed by atoms with E-state index in [1.54, 1.807) is 20.8 Å². The molecule has 156 valence electrons. The maximum Gasteiger partial charge on any atom is 0.350 e. The third-order valence-electron chi connectivity index (χ3n) is 4.73. The van der Waals surface area contributed by atoms with Crippen LogP contribution in [0.3, 0.4) is 0 Å². The minimum absolute atomic E-state index is 0.221. The van der Waals surface area contributed by atoms with E-state index >= 15 is 0 Å². The number of hydrogen-bond acceptors (Lipinski definition) is 7. The number of Topliss-reactive ketones (excluding diaryl/α,β-unsaturated/α-hetero) is 1. The van der Waals surface area contributed by atoms with E-state index in [1.807, 2.05) is 30.3 Å². The van der Waals surface area contributed by atoms with Gasteiger partial charge >= 0.3 is 11.9 Å². The number of methoxy groups -OCH3 is 1. The van der Waals surface area contributed by atoms with Crippen molar-refractivity contribution in [1.29, 1.82) is 0 Å². The molecule has 0 aliphatic carbocycles. The lowest BCUT2D eigenvalue weighted by Crippen LogP contribution is -2.25. The Morgan fingerprint density at radius 1 is 1.07 bits per heavy atom. The maximum absolute atomic E-state index is 12.8. The maximum atomic E-state index is 12.8. The van der Waals surface area contributed by atoms with Crippen LogP contribution in [0.15, 0.2) is 30.3 Å². The molecule has 0 aliphatic heterocycles. The lowest BCUT2D eigenvalue weighted by atomic mass is 10.1. The van der Waals surface area contributed by atoms with Crippen LogP contribution < -0.4 is 0 Å². The van der Waals surface area contributed by atoms with E-state index in [0.717, 1.165) is 5.56 Å². The van der Waals surface area contributed by atoms with Gasteiger partial charge in [-0.1, -0.05) is 30.3 Å². The van der Waals surface area contributed by atoms with Crippen molar-refractivity contribution in [3.05, 3.63) is 63.4 Å². The van der Waals surface area contributed by atoms with Gasteiger partial charge < -0.3 is 14.5 Å². The zero-order valence-electron chi connectivity index (χ0n) is 17.4. The second kappa shape index (κ2) is 8.62. The van der Waals surface area contributed by atoms with Crippen LogP contribution >= 0.6 is 11.3 Å². The number of aryl methyl sites for hydroxylation is 2. The molecule has 1 atom stereocenters. The highest BCUT2D eigenvalue weighted by Gasteiger charge is 2.28. The van der Waals surface area contributed by atoms with Crippen molar-refractivity contribution >= 4 is 29.1 Å². The van der Waals surface area contributed by atoms with E-state index in [-0.39, 0.29) is 5.69 Å². The molecule has 7 nitrogen and oxygen atoms in total. The summed E-state index contributed by atoms with van der Waals surface area (Å²) in [6, 6.07) is 9.52. The van der Waals surface area contributed by atoms with Gasteiger partial charge in [0.25, 0.3) is 0 Å². The molecule has 0 spiro atoms. The lowest BCUT2D eigenvalue weighted by Gasteiger charge is -2.11. The Hall–Kier alpha value is -3.26. The number of ketones is 1. The first-order valence-electron chi connectivity index (χ1n) is 9.30. The summed E-state index contributed by atoms with van der Waals surface area (Å²) in [7, 11) is 1.28. The van der Waals surface area contributed by atoms with E-state index in [0.29, 0.717) is 32.4 Å². The van der Waals surface area contributed by atoms with Gasteiger partial charge in [0.1, 0.15) is 9.88 Å². The molecule has 0 bridgehead atoms. The highest BCUT2D eigenvalue weighted by atomic mass is 32.1. The van der Waals surface area contributed by atoms with Crippen LogP contribution in [-0.2, 0) is 9.47 Å². The standard InChI is InChI=1S/C22H22N2O5S/c1-11-16(21(26)28-5)12(2)23-17(11)18(25)14(4)29-22(27)19-13(3)24-20(30-19)15-9-7-6-8-10-15/h6-10,14,23H,1-5H3. The predicted octanol–water partition coefficient (Wildman–Crippen LogP) is 4.28. The largest absolute Gasteiger partial charge is 0.465 e. The van der Waals surface area contributed by atoms with Crippen LogP contribution in [0.5, 0.6) is 0 Å². The van der Waals surface area contributed by atoms with Gasteiger partial charge in [0.15, 0.2) is 6.10 Å². The molecule has 0 saturated heterocycles. The monoisotopic (exact) mass is 426 g/mol. The quantitative estimate of drug-likeness (QED) is 0.467. The highest BCUT2D eigenvalue weighted by Crippen LogP contribution is 2.29. The molecule has 0 radical (unpaired) electrons. The van der Waals surface area contributed by atoms with E-state index in [4.69, 9.17) is 9.47 Å². The first kappa shape index (κ1) is 21.4. The van der Waals surface area contributed by atoms with Crippen molar-refractivity contribution in [2.24, 2.45) is 0 Å². The average Bonchev–Trinajstić information content (AvgIpc) is 3.26. The van der Waals surface area contributed by atoms with Gasteiger partial charge in [-0.2, -0.15) is 0 Å². The lowest BCUT2D eigenvalue weighted by molar-refractivity contribution is 0.0320. The number of carbonyl (C=O) groups is 3. The normalized spacial score (nSPS) is 11.8. The Morgan fingerprint density at radius 3 is 2.37 bits per heavy atom. The molecule has 0 fully saturated rings. The number of rotatable bonds is 6. The van der Waals surface area contributed by atoms with Crippen molar-refractivity contribution in [1.82, 2.24) is 9.97 Å². The molecular weight excluding hydrogens is 404 g/mol. The van der Waals surface area contributed by atoms with Crippen molar-refractivity contribution in [3.63, 3.8) is 0 Å². The fourth-order valence-corrected chi connectivity index (χ4v) is 4.12. The molecule has 2 heterocycles. The van der Waals surface area contributed by atoms with Gasteiger partial charge in [-0.15, -0.1) is 11.3 Å². The van der Waals surface area contributed by atoms with Gasteiger partial charge in [0.2, 0.25) is 5.78 Å². The molecule has 8 heteroatoms. The molecular formula is C22H22N2O5S. The van der Waals surface area contributed by atoms with Gasteiger partial charge in [-0.25, -0.2) is 14.6 Å². The van der Waals surface area contributed by atoms with Crippen LogP contribution in [0.4, 0.5) is 0 Å². The van der Waals surface area contributed by atoms with Crippen molar-refractivity contribution in [2.75, 3.05) is 7.11 Å². The number of benzene rings is 1. The predicted molar refractivity (Wildman–Crippen MR) is 113 cm³/mol. The van der Waals surface area contributed by atoms with Gasteiger partial charge in [-0.3, -0.25) is 4.79 Å². The summed E-state index contributed by atoms with van der Waals surface area (Å²) in [5, 5.41) is 0.706. The van der Waals surface area contributed by atoms with Crippen LogP contribution in [0.2, 0.25) is 0 Å². The van der Waals surface area contributed by atoms with Gasteiger partial charge in [0.05, 0.1) is 24.1 Å². The number of nitrogens with one attached hydrogen (secondary N) is 1. The summed E-state index contributed by atoms with van der Waals surface area (Å²) in [5.74, 6) is -1.56. The van der Waals surface area contributed by atoms with Crippen molar-refractivity contribution in [3.8, 4) is 10.6 Å². The van der Waals surface area contributed by atoms with Crippen molar-refractivity contribution < 1.29 is 23.9 Å². The SMILES string of the molecule is COC(=O)c1c(C)[nH]c(C(=O)C(C)OC(=O)c2sc(-c3ccccc3)nc2C)c1C. The van der Waals surface area contributed by atoms with Gasteiger partial charge in [-0.05, 0) is 33.3 Å². The number of nitrogens with zero attached hydrogens (tertiary/aromatic N) is 1. The number of aromatic amines is 1. The summed E-state index contributed by atoms with van der Waals surface area (Å²) in [4.78, 5) is 45.2. The number of H-pyrrole nitrogens is 1. The molecule has 0 amide bonds. The Balaban J connectivity index is 1.79. The minimum atomic E-state index is -1.04.